The highest BCUT2D eigenvalue weighted by Crippen LogP contribution is 2.37. The van der Waals surface area contributed by atoms with Gasteiger partial charge in [0.25, 0.3) is 5.69 Å². The van der Waals surface area contributed by atoms with Crippen molar-refractivity contribution in [1.82, 2.24) is 14.8 Å². The third kappa shape index (κ3) is 3.17. The maximum atomic E-state index is 12.9. The summed E-state index contributed by atoms with van der Waals surface area (Å²) in [6, 6.07) is 12.1. The molecule has 0 radical (unpaired) electrons. The number of benzene rings is 2. The highest BCUT2D eigenvalue weighted by Gasteiger charge is 2.34. The van der Waals surface area contributed by atoms with Gasteiger partial charge in [0.2, 0.25) is 0 Å². The van der Waals surface area contributed by atoms with Gasteiger partial charge in [0.1, 0.15) is 5.69 Å². The Morgan fingerprint density at radius 2 is 1.79 bits per heavy atom. The molecule has 0 unspecified atom stereocenters. The van der Waals surface area contributed by atoms with Crippen LogP contribution in [0.1, 0.15) is 11.4 Å². The number of nitro groups is 1. The third-order valence-electron chi connectivity index (χ3n) is 4.63. The van der Waals surface area contributed by atoms with E-state index in [2.05, 4.69) is 10.2 Å². The van der Waals surface area contributed by atoms with E-state index in [-0.39, 0.29) is 12.2 Å². The molecule has 0 spiro atoms. The van der Waals surface area contributed by atoms with E-state index in [4.69, 9.17) is 0 Å². The van der Waals surface area contributed by atoms with Crippen molar-refractivity contribution < 1.29 is 18.1 Å². The minimum atomic E-state index is -4.64. The summed E-state index contributed by atoms with van der Waals surface area (Å²) in [5, 5.41) is 19.7. The summed E-state index contributed by atoms with van der Waals surface area (Å²) < 4.78 is 40.6. The van der Waals surface area contributed by atoms with Crippen LogP contribution in [0.5, 0.6) is 0 Å². The lowest BCUT2D eigenvalue weighted by Gasteiger charge is -2.29. The number of rotatable bonds is 3. The average Bonchev–Trinajstić information content (AvgIpc) is 3.10. The molecule has 0 aliphatic carbocycles. The van der Waals surface area contributed by atoms with Gasteiger partial charge in [-0.25, -0.2) is 0 Å². The van der Waals surface area contributed by atoms with E-state index in [1.807, 2.05) is 34.9 Å². The summed E-state index contributed by atoms with van der Waals surface area (Å²) in [6.45, 7) is 1.06. The largest absolute Gasteiger partial charge is 0.416 e. The quantitative estimate of drug-likeness (QED) is 0.502. The summed E-state index contributed by atoms with van der Waals surface area (Å²) >= 11 is 0. The molecule has 0 fully saturated rings. The van der Waals surface area contributed by atoms with Crippen LogP contribution < -0.4 is 4.90 Å². The van der Waals surface area contributed by atoms with Gasteiger partial charge in [0.15, 0.2) is 11.6 Å². The topological polar surface area (TPSA) is 77.1 Å². The summed E-state index contributed by atoms with van der Waals surface area (Å²) in [5.41, 5.74) is -0.593. The van der Waals surface area contributed by atoms with E-state index < -0.39 is 22.4 Å². The molecule has 0 saturated carbocycles. The van der Waals surface area contributed by atoms with Gasteiger partial charge in [0.05, 0.1) is 17.0 Å². The van der Waals surface area contributed by atoms with Gasteiger partial charge >= 0.3 is 6.18 Å². The standard InChI is InChI=1S/C18H14F3N5O2/c19-18(20,21)13-6-7-14(15(10-13)26(27)28)24-8-9-25-16(11-24)22-23-17(25)12-4-2-1-3-5-12/h1-7,10H,8-9,11H2. The maximum absolute atomic E-state index is 12.9. The Hall–Kier alpha value is -3.43. The van der Waals surface area contributed by atoms with Crippen LogP contribution in [0, 0.1) is 10.1 Å². The summed E-state index contributed by atoms with van der Waals surface area (Å²) in [5.74, 6) is 1.29. The van der Waals surface area contributed by atoms with Crippen LogP contribution in [-0.4, -0.2) is 26.2 Å². The van der Waals surface area contributed by atoms with Crippen molar-refractivity contribution in [1.29, 1.82) is 0 Å². The fraction of sp³-hybridized carbons (Fsp3) is 0.222. The Bertz CT molecular complexity index is 1030. The lowest BCUT2D eigenvalue weighted by Crippen LogP contribution is -2.34. The fourth-order valence-electron chi connectivity index (χ4n) is 3.28. The molecule has 2 heterocycles. The van der Waals surface area contributed by atoms with E-state index in [0.29, 0.717) is 30.8 Å². The molecule has 3 aromatic rings. The number of anilines is 1. The Balaban J connectivity index is 1.67. The van der Waals surface area contributed by atoms with E-state index in [1.165, 1.54) is 0 Å². The van der Waals surface area contributed by atoms with E-state index in [9.17, 15) is 23.3 Å². The van der Waals surface area contributed by atoms with Crippen LogP contribution >= 0.6 is 0 Å². The first-order chi connectivity index (χ1) is 13.3. The number of alkyl halides is 3. The average molecular weight is 389 g/mol. The number of hydrogen-bond acceptors (Lipinski definition) is 5. The first-order valence-electron chi connectivity index (χ1n) is 8.42. The Labute approximate surface area is 157 Å². The van der Waals surface area contributed by atoms with Crippen LogP contribution in [0.4, 0.5) is 24.5 Å². The summed E-state index contributed by atoms with van der Waals surface area (Å²) in [7, 11) is 0. The molecule has 0 bridgehead atoms. The molecule has 1 aromatic heterocycles. The maximum Gasteiger partial charge on any atom is 0.416 e. The fourth-order valence-corrected chi connectivity index (χ4v) is 3.28. The summed E-state index contributed by atoms with van der Waals surface area (Å²) in [6.07, 6.45) is -4.64. The normalized spacial score (nSPS) is 14.0. The second-order valence-electron chi connectivity index (χ2n) is 6.34. The molecule has 28 heavy (non-hydrogen) atoms. The SMILES string of the molecule is O=[N+]([O-])c1cc(C(F)(F)F)ccc1N1CCn2c(nnc2-c2ccccc2)C1. The van der Waals surface area contributed by atoms with Gasteiger partial charge in [-0.1, -0.05) is 30.3 Å². The zero-order valence-corrected chi connectivity index (χ0v) is 14.4. The molecule has 1 aliphatic rings. The molecule has 10 heteroatoms. The Morgan fingerprint density at radius 3 is 2.46 bits per heavy atom. The number of halogens is 3. The van der Waals surface area contributed by atoms with E-state index in [1.54, 1.807) is 4.90 Å². The number of hydrogen-bond donors (Lipinski definition) is 0. The minimum Gasteiger partial charge on any atom is -0.357 e. The second-order valence-corrected chi connectivity index (χ2v) is 6.34. The zero-order chi connectivity index (χ0) is 19.9. The van der Waals surface area contributed by atoms with Gasteiger partial charge in [-0.3, -0.25) is 10.1 Å². The van der Waals surface area contributed by atoms with Crippen molar-refractivity contribution in [3.63, 3.8) is 0 Å². The highest BCUT2D eigenvalue weighted by atomic mass is 19.4. The van der Waals surface area contributed by atoms with Crippen LogP contribution in [0.3, 0.4) is 0 Å². The van der Waals surface area contributed by atoms with Crippen LogP contribution in [-0.2, 0) is 19.3 Å². The predicted molar refractivity (Wildman–Crippen MR) is 94.6 cm³/mol. The second kappa shape index (κ2) is 6.63. The van der Waals surface area contributed by atoms with Crippen molar-refractivity contribution >= 4 is 11.4 Å². The van der Waals surface area contributed by atoms with Crippen molar-refractivity contribution in [2.24, 2.45) is 0 Å². The molecule has 0 saturated heterocycles. The van der Waals surface area contributed by atoms with E-state index >= 15 is 0 Å². The molecular formula is C18H14F3N5O2. The number of nitrogens with zero attached hydrogens (tertiary/aromatic N) is 5. The highest BCUT2D eigenvalue weighted by molar-refractivity contribution is 5.65. The molecule has 1 aliphatic heterocycles. The van der Waals surface area contributed by atoms with Crippen LogP contribution in [0.15, 0.2) is 48.5 Å². The molecule has 0 N–H and O–H groups in total. The molecule has 7 nitrogen and oxygen atoms in total. The smallest absolute Gasteiger partial charge is 0.357 e. The molecular weight excluding hydrogens is 375 g/mol. The monoisotopic (exact) mass is 389 g/mol. The molecule has 144 valence electrons. The molecule has 0 atom stereocenters. The lowest BCUT2D eigenvalue weighted by molar-refractivity contribution is -0.384. The van der Waals surface area contributed by atoms with Crippen molar-refractivity contribution in [2.75, 3.05) is 11.4 Å². The summed E-state index contributed by atoms with van der Waals surface area (Å²) in [4.78, 5) is 12.2. The minimum absolute atomic E-state index is 0.133. The van der Waals surface area contributed by atoms with Crippen LogP contribution in [0.2, 0.25) is 0 Å². The van der Waals surface area contributed by atoms with Gasteiger partial charge in [-0.15, -0.1) is 10.2 Å². The van der Waals surface area contributed by atoms with E-state index in [0.717, 1.165) is 17.7 Å². The Kier molecular flexibility index (Phi) is 4.25. The van der Waals surface area contributed by atoms with Gasteiger partial charge in [0, 0.05) is 24.7 Å². The number of nitro benzene ring substituents is 1. The number of aromatic nitrogens is 3. The van der Waals surface area contributed by atoms with Crippen LogP contribution in [0.25, 0.3) is 11.4 Å². The Morgan fingerprint density at radius 1 is 1.04 bits per heavy atom. The lowest BCUT2D eigenvalue weighted by atomic mass is 10.1. The van der Waals surface area contributed by atoms with Gasteiger partial charge < -0.3 is 9.47 Å². The predicted octanol–water partition coefficient (Wildman–Crippen LogP) is 3.89. The van der Waals surface area contributed by atoms with Crippen molar-refractivity contribution in [3.8, 4) is 11.4 Å². The van der Waals surface area contributed by atoms with Crippen molar-refractivity contribution in [3.05, 3.63) is 70.0 Å². The first kappa shape index (κ1) is 18.0. The molecule has 2 aromatic carbocycles. The first-order valence-corrected chi connectivity index (χ1v) is 8.42. The van der Waals surface area contributed by atoms with Gasteiger partial charge in [-0.05, 0) is 12.1 Å². The third-order valence-corrected chi connectivity index (χ3v) is 4.63. The number of fused-ring (bicyclic) bond motifs is 1. The van der Waals surface area contributed by atoms with Gasteiger partial charge in [-0.2, -0.15) is 13.2 Å². The van der Waals surface area contributed by atoms with Crippen molar-refractivity contribution in [2.45, 2.75) is 19.3 Å². The molecule has 4 rings (SSSR count). The zero-order valence-electron chi connectivity index (χ0n) is 14.4. The molecule has 0 amide bonds.